The molecule has 150 valence electrons. The molecule has 1 aliphatic rings. The van der Waals surface area contributed by atoms with Crippen molar-refractivity contribution >= 4 is 5.91 Å². The summed E-state index contributed by atoms with van der Waals surface area (Å²) in [5, 5.41) is 6.45. The zero-order valence-corrected chi connectivity index (χ0v) is 16.2. The standard InChI is InChI=1S/C22H24N4O3/c27-22(24-15-21-6-11-25-29-21)18-2-1-3-20(14-18)28-19-7-12-26(13-8-19)16-17-4-9-23-10-5-17/h1-6,9-11,14,19H,7-8,12-13,15-16H2,(H,24,27). The van der Waals surface area contributed by atoms with Gasteiger partial charge in [0, 0.05) is 43.7 Å². The number of carbonyl (C=O) groups excluding carboxylic acids is 1. The number of aromatic nitrogens is 2. The quantitative estimate of drug-likeness (QED) is 0.666. The third kappa shape index (κ3) is 5.42. The summed E-state index contributed by atoms with van der Waals surface area (Å²) >= 11 is 0. The molecule has 0 atom stereocenters. The number of pyridine rings is 1. The summed E-state index contributed by atoms with van der Waals surface area (Å²) in [5.74, 6) is 1.17. The molecule has 1 amide bonds. The first-order chi connectivity index (χ1) is 14.3. The average molecular weight is 392 g/mol. The fourth-order valence-corrected chi connectivity index (χ4v) is 3.44. The van der Waals surface area contributed by atoms with Gasteiger partial charge >= 0.3 is 0 Å². The van der Waals surface area contributed by atoms with Crippen molar-refractivity contribution in [3.63, 3.8) is 0 Å². The van der Waals surface area contributed by atoms with Gasteiger partial charge in [0.1, 0.15) is 11.9 Å². The molecule has 0 unspecified atom stereocenters. The molecule has 1 saturated heterocycles. The Morgan fingerprint density at radius 1 is 1.14 bits per heavy atom. The van der Waals surface area contributed by atoms with E-state index in [1.807, 2.05) is 24.5 Å². The van der Waals surface area contributed by atoms with Crippen molar-refractivity contribution < 1.29 is 14.1 Å². The number of amides is 1. The first-order valence-electron chi connectivity index (χ1n) is 9.82. The van der Waals surface area contributed by atoms with E-state index >= 15 is 0 Å². The molecule has 4 rings (SSSR count). The molecule has 1 aromatic carbocycles. The summed E-state index contributed by atoms with van der Waals surface area (Å²) in [6.45, 7) is 3.23. The number of nitrogens with one attached hydrogen (secondary N) is 1. The molecule has 0 spiro atoms. The first-order valence-corrected chi connectivity index (χ1v) is 9.82. The largest absolute Gasteiger partial charge is 0.490 e. The van der Waals surface area contributed by atoms with Crippen LogP contribution >= 0.6 is 0 Å². The Morgan fingerprint density at radius 2 is 1.97 bits per heavy atom. The van der Waals surface area contributed by atoms with Gasteiger partial charge in [-0.2, -0.15) is 0 Å². The number of ether oxygens (including phenoxy) is 1. The van der Waals surface area contributed by atoms with Gasteiger partial charge in [0.05, 0.1) is 12.7 Å². The van der Waals surface area contributed by atoms with Gasteiger partial charge in [0.15, 0.2) is 5.76 Å². The fraction of sp³-hybridized carbons (Fsp3) is 0.318. The van der Waals surface area contributed by atoms with E-state index in [2.05, 4.69) is 32.5 Å². The summed E-state index contributed by atoms with van der Waals surface area (Å²) in [6, 6.07) is 13.1. The number of rotatable bonds is 7. The van der Waals surface area contributed by atoms with Crippen LogP contribution in [0, 0.1) is 0 Å². The number of hydrogen-bond donors (Lipinski definition) is 1. The monoisotopic (exact) mass is 392 g/mol. The lowest BCUT2D eigenvalue weighted by molar-refractivity contribution is 0.0932. The van der Waals surface area contributed by atoms with E-state index in [4.69, 9.17) is 9.26 Å². The molecule has 1 fully saturated rings. The molecular formula is C22H24N4O3. The zero-order valence-electron chi connectivity index (χ0n) is 16.2. The second kappa shape index (κ2) is 9.34. The highest BCUT2D eigenvalue weighted by atomic mass is 16.5. The molecular weight excluding hydrogens is 368 g/mol. The van der Waals surface area contributed by atoms with Crippen LogP contribution in [0.15, 0.2) is 65.6 Å². The Balaban J connectivity index is 1.26. The van der Waals surface area contributed by atoms with Crippen LogP contribution in [0.1, 0.15) is 34.5 Å². The molecule has 3 heterocycles. The van der Waals surface area contributed by atoms with Crippen LogP contribution in [0.3, 0.4) is 0 Å². The number of piperidine rings is 1. The second-order valence-electron chi connectivity index (χ2n) is 7.14. The lowest BCUT2D eigenvalue weighted by Crippen LogP contribution is -2.37. The van der Waals surface area contributed by atoms with Crippen molar-refractivity contribution in [1.29, 1.82) is 0 Å². The molecule has 1 aliphatic heterocycles. The van der Waals surface area contributed by atoms with Crippen LogP contribution in [-0.4, -0.2) is 40.1 Å². The predicted molar refractivity (Wildman–Crippen MR) is 107 cm³/mol. The van der Waals surface area contributed by atoms with E-state index in [1.165, 1.54) is 5.56 Å². The topological polar surface area (TPSA) is 80.5 Å². The number of nitrogens with zero attached hydrogens (tertiary/aromatic N) is 3. The van der Waals surface area contributed by atoms with E-state index < -0.39 is 0 Å². The first kappa shape index (κ1) is 19.1. The summed E-state index contributed by atoms with van der Waals surface area (Å²) in [7, 11) is 0. The molecule has 29 heavy (non-hydrogen) atoms. The van der Waals surface area contributed by atoms with Crippen LogP contribution < -0.4 is 10.1 Å². The van der Waals surface area contributed by atoms with Gasteiger partial charge in [-0.1, -0.05) is 11.2 Å². The number of carbonyl (C=O) groups is 1. The smallest absolute Gasteiger partial charge is 0.251 e. The fourth-order valence-electron chi connectivity index (χ4n) is 3.44. The molecule has 7 nitrogen and oxygen atoms in total. The molecule has 0 aliphatic carbocycles. The summed E-state index contributed by atoms with van der Waals surface area (Å²) < 4.78 is 11.1. The van der Waals surface area contributed by atoms with Gasteiger partial charge in [-0.3, -0.25) is 14.7 Å². The minimum absolute atomic E-state index is 0.163. The third-order valence-electron chi connectivity index (χ3n) is 5.00. The molecule has 1 N–H and O–H groups in total. The highest BCUT2D eigenvalue weighted by Crippen LogP contribution is 2.21. The van der Waals surface area contributed by atoms with E-state index in [1.54, 1.807) is 24.4 Å². The van der Waals surface area contributed by atoms with Crippen molar-refractivity contribution in [2.75, 3.05) is 13.1 Å². The van der Waals surface area contributed by atoms with Crippen molar-refractivity contribution in [3.05, 3.63) is 77.9 Å². The predicted octanol–water partition coefficient (Wildman–Crippen LogP) is 3.04. The van der Waals surface area contributed by atoms with Crippen LogP contribution in [0.25, 0.3) is 0 Å². The molecule has 2 aromatic heterocycles. The maximum Gasteiger partial charge on any atom is 0.251 e. The Kier molecular flexibility index (Phi) is 6.16. The lowest BCUT2D eigenvalue weighted by Gasteiger charge is -2.32. The zero-order chi connectivity index (χ0) is 19.9. The van der Waals surface area contributed by atoms with Gasteiger partial charge in [0.2, 0.25) is 0 Å². The SMILES string of the molecule is O=C(NCc1ccno1)c1cccc(OC2CCN(Cc3ccncc3)CC2)c1. The molecule has 3 aromatic rings. The van der Waals surface area contributed by atoms with Crippen molar-refractivity contribution in [1.82, 2.24) is 20.4 Å². The average Bonchev–Trinajstić information content (AvgIpc) is 3.28. The van der Waals surface area contributed by atoms with Crippen LogP contribution in [0.4, 0.5) is 0 Å². The maximum atomic E-state index is 12.4. The Morgan fingerprint density at radius 3 is 2.72 bits per heavy atom. The minimum Gasteiger partial charge on any atom is -0.490 e. The third-order valence-corrected chi connectivity index (χ3v) is 5.00. The van der Waals surface area contributed by atoms with Gasteiger partial charge < -0.3 is 14.6 Å². The summed E-state index contributed by atoms with van der Waals surface area (Å²) in [6.07, 6.45) is 7.31. The van der Waals surface area contributed by atoms with E-state index in [-0.39, 0.29) is 12.0 Å². The number of likely N-dealkylation sites (tertiary alicyclic amines) is 1. The van der Waals surface area contributed by atoms with E-state index in [9.17, 15) is 4.79 Å². The maximum absolute atomic E-state index is 12.4. The van der Waals surface area contributed by atoms with Gasteiger partial charge in [-0.15, -0.1) is 0 Å². The van der Waals surface area contributed by atoms with Crippen molar-refractivity contribution in [3.8, 4) is 5.75 Å². The summed E-state index contributed by atoms with van der Waals surface area (Å²) in [4.78, 5) is 18.9. The Hall–Kier alpha value is -3.19. The van der Waals surface area contributed by atoms with Crippen LogP contribution in [-0.2, 0) is 13.1 Å². The van der Waals surface area contributed by atoms with Crippen molar-refractivity contribution in [2.24, 2.45) is 0 Å². The highest BCUT2D eigenvalue weighted by Gasteiger charge is 2.21. The van der Waals surface area contributed by atoms with Gasteiger partial charge in [-0.05, 0) is 48.7 Å². The van der Waals surface area contributed by atoms with Gasteiger partial charge in [0.25, 0.3) is 5.91 Å². The summed E-state index contributed by atoms with van der Waals surface area (Å²) in [5.41, 5.74) is 1.85. The number of hydrogen-bond acceptors (Lipinski definition) is 6. The Labute approximate surface area is 169 Å². The molecule has 7 heteroatoms. The highest BCUT2D eigenvalue weighted by molar-refractivity contribution is 5.94. The molecule has 0 radical (unpaired) electrons. The lowest BCUT2D eigenvalue weighted by atomic mass is 10.1. The van der Waals surface area contributed by atoms with Crippen LogP contribution in [0.5, 0.6) is 5.75 Å². The Bertz CT molecular complexity index is 907. The molecule has 0 saturated carbocycles. The second-order valence-corrected chi connectivity index (χ2v) is 7.14. The van der Waals surface area contributed by atoms with Gasteiger partial charge in [-0.25, -0.2) is 0 Å². The normalized spacial score (nSPS) is 15.2. The van der Waals surface area contributed by atoms with E-state index in [0.717, 1.165) is 38.2 Å². The van der Waals surface area contributed by atoms with Crippen LogP contribution in [0.2, 0.25) is 0 Å². The van der Waals surface area contributed by atoms with Crippen molar-refractivity contribution in [2.45, 2.75) is 32.0 Å². The number of benzene rings is 1. The molecule has 0 bridgehead atoms. The minimum atomic E-state index is -0.168. The van der Waals surface area contributed by atoms with E-state index in [0.29, 0.717) is 17.9 Å².